The zero-order chi connectivity index (χ0) is 15.5. The Bertz CT molecular complexity index is 502. The molecule has 2 bridgehead atoms. The van der Waals surface area contributed by atoms with E-state index >= 15 is 0 Å². The molecule has 1 aromatic carbocycles. The van der Waals surface area contributed by atoms with E-state index in [9.17, 15) is 9.18 Å². The Balaban J connectivity index is 1.62. The Morgan fingerprint density at radius 3 is 2.45 bits per heavy atom. The zero-order valence-electron chi connectivity index (χ0n) is 13.2. The summed E-state index contributed by atoms with van der Waals surface area (Å²) in [4.78, 5) is 15.0. The normalized spacial score (nSPS) is 28.4. The van der Waals surface area contributed by atoms with Crippen molar-refractivity contribution >= 4 is 5.91 Å². The van der Waals surface area contributed by atoms with Crippen molar-refractivity contribution in [1.82, 2.24) is 10.2 Å². The lowest BCUT2D eigenvalue weighted by molar-refractivity contribution is 0.0245. The van der Waals surface area contributed by atoms with Gasteiger partial charge in [0, 0.05) is 23.7 Å². The second kappa shape index (κ2) is 6.78. The number of carbonyl (C=O) groups is 1. The summed E-state index contributed by atoms with van der Waals surface area (Å²) < 4.78 is 12.9. The number of hydrogen-bond donors (Lipinski definition) is 1. The summed E-state index contributed by atoms with van der Waals surface area (Å²) in [7, 11) is 0. The molecule has 1 aromatic rings. The molecular weight excluding hydrogens is 279 g/mol. The van der Waals surface area contributed by atoms with Gasteiger partial charge in [-0.05, 0) is 62.9 Å². The van der Waals surface area contributed by atoms with Crippen LogP contribution in [-0.4, -0.2) is 35.5 Å². The fourth-order valence-electron chi connectivity index (χ4n) is 4.09. The number of hydrogen-bond acceptors (Lipinski definition) is 2. The lowest BCUT2D eigenvalue weighted by Gasteiger charge is -2.49. The summed E-state index contributed by atoms with van der Waals surface area (Å²) in [5.41, 5.74) is 0.544. The second-order valence-corrected chi connectivity index (χ2v) is 6.63. The molecule has 2 saturated heterocycles. The quantitative estimate of drug-likeness (QED) is 0.925. The first kappa shape index (κ1) is 15.5. The van der Waals surface area contributed by atoms with Crippen molar-refractivity contribution in [1.29, 1.82) is 0 Å². The third-order valence-corrected chi connectivity index (χ3v) is 5.05. The van der Waals surface area contributed by atoms with E-state index in [4.69, 9.17) is 0 Å². The highest BCUT2D eigenvalue weighted by atomic mass is 19.1. The van der Waals surface area contributed by atoms with Crippen LogP contribution in [0.5, 0.6) is 0 Å². The minimum absolute atomic E-state index is 0.0768. The number of amides is 1. The van der Waals surface area contributed by atoms with E-state index in [1.54, 1.807) is 12.1 Å². The summed E-state index contributed by atoms with van der Waals surface area (Å²) >= 11 is 0. The first-order chi connectivity index (χ1) is 10.7. The van der Waals surface area contributed by atoms with Crippen molar-refractivity contribution in [3.8, 4) is 0 Å². The van der Waals surface area contributed by atoms with Crippen molar-refractivity contribution in [2.45, 2.75) is 63.6 Å². The SMILES string of the molecule is CCCN1[C@@H]2CCC[C@@H]1CC(NC(=O)c1ccc(F)cc1)C2. The first-order valence-corrected chi connectivity index (χ1v) is 8.49. The van der Waals surface area contributed by atoms with Crippen molar-refractivity contribution < 1.29 is 9.18 Å². The number of rotatable bonds is 4. The topological polar surface area (TPSA) is 32.3 Å². The van der Waals surface area contributed by atoms with E-state index in [1.807, 2.05) is 0 Å². The molecule has 120 valence electrons. The van der Waals surface area contributed by atoms with Crippen LogP contribution in [0.15, 0.2) is 24.3 Å². The Hall–Kier alpha value is -1.42. The zero-order valence-corrected chi connectivity index (χ0v) is 13.2. The van der Waals surface area contributed by atoms with Gasteiger partial charge in [-0.25, -0.2) is 4.39 Å². The molecular formula is C18H25FN2O. The Morgan fingerprint density at radius 1 is 1.23 bits per heavy atom. The van der Waals surface area contributed by atoms with Crippen LogP contribution in [0.1, 0.15) is 55.8 Å². The van der Waals surface area contributed by atoms with Crippen molar-refractivity contribution in [3.05, 3.63) is 35.6 Å². The van der Waals surface area contributed by atoms with Gasteiger partial charge < -0.3 is 5.32 Å². The van der Waals surface area contributed by atoms with Gasteiger partial charge >= 0.3 is 0 Å². The van der Waals surface area contributed by atoms with E-state index in [-0.39, 0.29) is 17.8 Å². The molecule has 0 saturated carbocycles. The van der Waals surface area contributed by atoms with Crippen LogP contribution in [0.2, 0.25) is 0 Å². The van der Waals surface area contributed by atoms with Gasteiger partial charge in [-0.3, -0.25) is 9.69 Å². The second-order valence-electron chi connectivity index (χ2n) is 6.63. The molecule has 4 heteroatoms. The molecule has 1 amide bonds. The lowest BCUT2D eigenvalue weighted by Crippen LogP contribution is -2.57. The first-order valence-electron chi connectivity index (χ1n) is 8.49. The number of fused-ring (bicyclic) bond motifs is 2. The molecule has 0 unspecified atom stereocenters. The van der Waals surface area contributed by atoms with Crippen molar-refractivity contribution in [2.75, 3.05) is 6.54 Å². The van der Waals surface area contributed by atoms with Crippen LogP contribution < -0.4 is 5.32 Å². The number of nitrogens with one attached hydrogen (secondary N) is 1. The molecule has 3 rings (SSSR count). The average molecular weight is 304 g/mol. The van der Waals surface area contributed by atoms with Crippen LogP contribution in [-0.2, 0) is 0 Å². The van der Waals surface area contributed by atoms with Gasteiger partial charge in [-0.1, -0.05) is 13.3 Å². The molecule has 2 heterocycles. The van der Waals surface area contributed by atoms with E-state index in [2.05, 4.69) is 17.1 Å². The third kappa shape index (κ3) is 3.32. The molecule has 3 nitrogen and oxygen atoms in total. The van der Waals surface area contributed by atoms with Crippen molar-refractivity contribution in [2.24, 2.45) is 0 Å². The lowest BCUT2D eigenvalue weighted by atomic mass is 9.81. The maximum absolute atomic E-state index is 12.9. The average Bonchev–Trinajstić information content (AvgIpc) is 2.49. The molecule has 0 aliphatic carbocycles. The summed E-state index contributed by atoms with van der Waals surface area (Å²) in [5, 5.41) is 3.16. The van der Waals surface area contributed by atoms with E-state index in [0.29, 0.717) is 17.6 Å². The minimum Gasteiger partial charge on any atom is -0.349 e. The van der Waals surface area contributed by atoms with Gasteiger partial charge in [0.1, 0.15) is 5.82 Å². The van der Waals surface area contributed by atoms with E-state index < -0.39 is 0 Å². The smallest absolute Gasteiger partial charge is 0.251 e. The number of nitrogens with zero attached hydrogens (tertiary/aromatic N) is 1. The number of halogens is 1. The molecule has 0 spiro atoms. The third-order valence-electron chi connectivity index (χ3n) is 5.05. The highest BCUT2D eigenvalue weighted by Crippen LogP contribution is 2.34. The molecule has 2 atom stereocenters. The predicted molar refractivity (Wildman–Crippen MR) is 85.3 cm³/mol. The maximum Gasteiger partial charge on any atom is 0.251 e. The predicted octanol–water partition coefficient (Wildman–Crippen LogP) is 3.35. The van der Waals surface area contributed by atoms with E-state index in [1.165, 1.54) is 44.4 Å². The van der Waals surface area contributed by atoms with Crippen molar-refractivity contribution in [3.63, 3.8) is 0 Å². The molecule has 2 aliphatic rings. The van der Waals surface area contributed by atoms with Gasteiger partial charge in [0.15, 0.2) is 0 Å². The summed E-state index contributed by atoms with van der Waals surface area (Å²) in [5.74, 6) is -0.383. The summed E-state index contributed by atoms with van der Waals surface area (Å²) in [6.45, 7) is 3.41. The summed E-state index contributed by atoms with van der Waals surface area (Å²) in [6.07, 6.45) is 7.10. The minimum atomic E-state index is -0.307. The Morgan fingerprint density at radius 2 is 1.86 bits per heavy atom. The van der Waals surface area contributed by atoms with Gasteiger partial charge in [-0.2, -0.15) is 0 Å². The van der Waals surface area contributed by atoms with Crippen LogP contribution in [0.4, 0.5) is 4.39 Å². The number of piperidine rings is 2. The molecule has 2 fully saturated rings. The van der Waals surface area contributed by atoms with Gasteiger partial charge in [0.05, 0.1) is 0 Å². The Labute approximate surface area is 131 Å². The maximum atomic E-state index is 12.9. The highest BCUT2D eigenvalue weighted by molar-refractivity contribution is 5.94. The van der Waals surface area contributed by atoms with Crippen LogP contribution in [0.3, 0.4) is 0 Å². The van der Waals surface area contributed by atoms with Gasteiger partial charge in [0.2, 0.25) is 0 Å². The molecule has 2 aliphatic heterocycles. The number of benzene rings is 1. The Kier molecular flexibility index (Phi) is 4.77. The summed E-state index contributed by atoms with van der Waals surface area (Å²) in [6, 6.07) is 7.27. The monoisotopic (exact) mass is 304 g/mol. The number of carbonyl (C=O) groups excluding carboxylic acids is 1. The standard InChI is InChI=1S/C18H25FN2O/c1-2-10-21-16-4-3-5-17(21)12-15(11-16)20-18(22)13-6-8-14(19)9-7-13/h6-9,15-17H,2-5,10-12H2,1H3,(H,20,22)/t16-,17-/m1/s1. The molecule has 1 N–H and O–H groups in total. The molecule has 22 heavy (non-hydrogen) atoms. The molecule has 0 radical (unpaired) electrons. The fourth-order valence-corrected chi connectivity index (χ4v) is 4.09. The van der Waals surface area contributed by atoms with Crippen LogP contribution in [0, 0.1) is 5.82 Å². The highest BCUT2D eigenvalue weighted by Gasteiger charge is 2.38. The van der Waals surface area contributed by atoms with Gasteiger partial charge in [0.25, 0.3) is 5.91 Å². The van der Waals surface area contributed by atoms with E-state index in [0.717, 1.165) is 12.8 Å². The molecule has 0 aromatic heterocycles. The van der Waals surface area contributed by atoms with Crippen LogP contribution in [0.25, 0.3) is 0 Å². The fraction of sp³-hybridized carbons (Fsp3) is 0.611. The van der Waals surface area contributed by atoms with Gasteiger partial charge in [-0.15, -0.1) is 0 Å². The largest absolute Gasteiger partial charge is 0.349 e. The van der Waals surface area contributed by atoms with Crippen LogP contribution >= 0.6 is 0 Å².